The molecule has 0 saturated heterocycles. The molecule has 96 valence electrons. The second-order valence-corrected chi connectivity index (χ2v) is 4.57. The highest BCUT2D eigenvalue weighted by Crippen LogP contribution is 2.38. The Morgan fingerprint density at radius 2 is 2.18 bits per heavy atom. The highest BCUT2D eigenvalue weighted by atomic mass is 16.5. The second-order valence-electron chi connectivity index (χ2n) is 4.57. The van der Waals surface area contributed by atoms with Gasteiger partial charge in [-0.25, -0.2) is 0 Å². The molecule has 0 aromatic heterocycles. The molecule has 1 aliphatic rings. The van der Waals surface area contributed by atoms with Gasteiger partial charge in [0.25, 0.3) is 0 Å². The Morgan fingerprint density at radius 3 is 2.76 bits per heavy atom. The Labute approximate surface area is 102 Å². The number of hydrogen-bond donors (Lipinski definition) is 0. The lowest BCUT2D eigenvalue weighted by Gasteiger charge is -2.18. The van der Waals surface area contributed by atoms with E-state index in [1.54, 1.807) is 0 Å². The van der Waals surface area contributed by atoms with Crippen LogP contribution in [-0.4, -0.2) is 19.1 Å². The third kappa shape index (κ3) is 3.95. The summed E-state index contributed by atoms with van der Waals surface area (Å²) in [5, 5.41) is 3.20. The number of rotatable bonds is 6. The fourth-order valence-electron chi connectivity index (χ4n) is 2.58. The molecular formula is C13H21NO3. The molecule has 0 bridgehead atoms. The third-order valence-electron chi connectivity index (χ3n) is 3.54. The topological polar surface area (TPSA) is 55.7 Å². The van der Waals surface area contributed by atoms with Crippen LogP contribution >= 0.6 is 0 Å². The molecule has 0 aromatic rings. The van der Waals surface area contributed by atoms with Gasteiger partial charge in [-0.1, -0.05) is 24.3 Å². The number of nitrogens with zero attached hydrogens (tertiary/aromatic N) is 1. The molecule has 17 heavy (non-hydrogen) atoms. The SMILES string of the molecule is CCC=CCC1C(CC(=O)OC)CCC1N=O. The van der Waals surface area contributed by atoms with Gasteiger partial charge in [0.2, 0.25) is 0 Å². The van der Waals surface area contributed by atoms with Crippen LogP contribution in [0.1, 0.15) is 39.0 Å². The van der Waals surface area contributed by atoms with Crippen LogP contribution in [-0.2, 0) is 9.53 Å². The van der Waals surface area contributed by atoms with E-state index >= 15 is 0 Å². The molecule has 3 unspecified atom stereocenters. The molecular weight excluding hydrogens is 218 g/mol. The predicted molar refractivity (Wildman–Crippen MR) is 66.5 cm³/mol. The predicted octanol–water partition coefficient (Wildman–Crippen LogP) is 3.07. The normalized spacial score (nSPS) is 28.5. The molecule has 0 N–H and O–H groups in total. The van der Waals surface area contributed by atoms with Crippen LogP contribution in [0.5, 0.6) is 0 Å². The molecule has 0 aliphatic heterocycles. The van der Waals surface area contributed by atoms with Crippen molar-refractivity contribution in [2.45, 2.75) is 45.1 Å². The summed E-state index contributed by atoms with van der Waals surface area (Å²) >= 11 is 0. The third-order valence-corrected chi connectivity index (χ3v) is 3.54. The molecule has 0 heterocycles. The van der Waals surface area contributed by atoms with Crippen LogP contribution in [0.25, 0.3) is 0 Å². The van der Waals surface area contributed by atoms with Gasteiger partial charge < -0.3 is 4.74 Å². The number of carbonyl (C=O) groups is 1. The molecule has 4 heteroatoms. The van der Waals surface area contributed by atoms with Crippen molar-refractivity contribution in [3.05, 3.63) is 17.1 Å². The van der Waals surface area contributed by atoms with Crippen LogP contribution in [0.4, 0.5) is 0 Å². The van der Waals surface area contributed by atoms with Crippen molar-refractivity contribution >= 4 is 5.97 Å². The minimum atomic E-state index is -0.189. The summed E-state index contributed by atoms with van der Waals surface area (Å²) in [5.74, 6) is 0.257. The molecule has 3 atom stereocenters. The number of esters is 1. The van der Waals surface area contributed by atoms with Crippen molar-refractivity contribution in [1.82, 2.24) is 0 Å². The Bertz CT molecular complexity index is 288. The van der Waals surface area contributed by atoms with E-state index in [4.69, 9.17) is 0 Å². The lowest BCUT2D eigenvalue weighted by Crippen LogP contribution is -2.20. The van der Waals surface area contributed by atoms with E-state index in [1.807, 2.05) is 0 Å². The summed E-state index contributed by atoms with van der Waals surface area (Å²) in [6, 6.07) is -0.133. The van der Waals surface area contributed by atoms with Crippen LogP contribution in [0.2, 0.25) is 0 Å². The first kappa shape index (κ1) is 13.9. The summed E-state index contributed by atoms with van der Waals surface area (Å²) in [7, 11) is 1.40. The maximum atomic E-state index is 11.3. The van der Waals surface area contributed by atoms with E-state index in [0.29, 0.717) is 6.42 Å². The van der Waals surface area contributed by atoms with Gasteiger partial charge in [-0.3, -0.25) is 4.79 Å². The first-order chi connectivity index (χ1) is 8.22. The summed E-state index contributed by atoms with van der Waals surface area (Å²) in [5.41, 5.74) is 0. The Morgan fingerprint density at radius 1 is 1.41 bits per heavy atom. The van der Waals surface area contributed by atoms with Crippen molar-refractivity contribution in [3.8, 4) is 0 Å². The average Bonchev–Trinajstić information content (AvgIpc) is 2.72. The highest BCUT2D eigenvalue weighted by molar-refractivity contribution is 5.69. The molecule has 1 aliphatic carbocycles. The standard InChI is InChI=1S/C13H21NO3/c1-3-4-5-6-11-10(9-13(15)17-2)7-8-12(11)14-16/h4-5,10-12H,3,6-9H2,1-2H3. The van der Waals surface area contributed by atoms with Crippen molar-refractivity contribution in [3.63, 3.8) is 0 Å². The molecule has 1 fully saturated rings. The minimum absolute atomic E-state index is 0.133. The highest BCUT2D eigenvalue weighted by Gasteiger charge is 2.37. The molecule has 1 rings (SSSR count). The zero-order chi connectivity index (χ0) is 12.7. The molecule has 0 aromatic carbocycles. The molecule has 1 saturated carbocycles. The smallest absolute Gasteiger partial charge is 0.305 e. The van der Waals surface area contributed by atoms with E-state index in [-0.39, 0.29) is 23.8 Å². The first-order valence-electron chi connectivity index (χ1n) is 6.27. The number of carbonyl (C=O) groups excluding carboxylic acids is 1. The number of ether oxygens (including phenoxy) is 1. The first-order valence-corrected chi connectivity index (χ1v) is 6.27. The minimum Gasteiger partial charge on any atom is -0.469 e. The van der Waals surface area contributed by atoms with Crippen molar-refractivity contribution in [2.24, 2.45) is 17.0 Å². The maximum Gasteiger partial charge on any atom is 0.305 e. The van der Waals surface area contributed by atoms with Gasteiger partial charge >= 0.3 is 5.97 Å². The van der Waals surface area contributed by atoms with Gasteiger partial charge in [0.1, 0.15) is 0 Å². The van der Waals surface area contributed by atoms with Gasteiger partial charge in [-0.15, -0.1) is 0 Å². The summed E-state index contributed by atoms with van der Waals surface area (Å²) in [4.78, 5) is 22.1. The lowest BCUT2D eigenvalue weighted by atomic mass is 9.88. The van der Waals surface area contributed by atoms with Gasteiger partial charge in [0.15, 0.2) is 0 Å². The molecule has 4 nitrogen and oxygen atoms in total. The number of methoxy groups -OCH3 is 1. The lowest BCUT2D eigenvalue weighted by molar-refractivity contribution is -0.142. The molecule has 0 spiro atoms. The number of allylic oxidation sites excluding steroid dienone is 2. The fraction of sp³-hybridized carbons (Fsp3) is 0.769. The van der Waals surface area contributed by atoms with E-state index < -0.39 is 0 Å². The van der Waals surface area contributed by atoms with E-state index in [0.717, 1.165) is 25.7 Å². The summed E-state index contributed by atoms with van der Waals surface area (Å²) in [6.45, 7) is 2.08. The Balaban J connectivity index is 2.58. The van der Waals surface area contributed by atoms with Crippen LogP contribution in [0.3, 0.4) is 0 Å². The average molecular weight is 239 g/mol. The number of hydrogen-bond acceptors (Lipinski definition) is 4. The van der Waals surface area contributed by atoms with Crippen LogP contribution in [0, 0.1) is 16.7 Å². The zero-order valence-corrected chi connectivity index (χ0v) is 10.6. The molecule has 0 radical (unpaired) electrons. The van der Waals surface area contributed by atoms with E-state index in [1.165, 1.54) is 7.11 Å². The van der Waals surface area contributed by atoms with Crippen LogP contribution < -0.4 is 0 Å². The van der Waals surface area contributed by atoms with Gasteiger partial charge in [-0.05, 0) is 37.5 Å². The monoisotopic (exact) mass is 239 g/mol. The Hall–Kier alpha value is -1.19. The van der Waals surface area contributed by atoms with E-state index in [2.05, 4.69) is 29.0 Å². The van der Waals surface area contributed by atoms with Gasteiger partial charge in [0, 0.05) is 6.42 Å². The fourth-order valence-corrected chi connectivity index (χ4v) is 2.58. The van der Waals surface area contributed by atoms with Crippen molar-refractivity contribution in [1.29, 1.82) is 0 Å². The quantitative estimate of drug-likeness (QED) is 0.406. The summed E-state index contributed by atoms with van der Waals surface area (Å²) in [6.07, 6.45) is 8.13. The number of nitroso groups, excluding NO2 is 1. The summed E-state index contributed by atoms with van der Waals surface area (Å²) < 4.78 is 4.69. The zero-order valence-electron chi connectivity index (χ0n) is 10.6. The van der Waals surface area contributed by atoms with Gasteiger partial charge in [0.05, 0.1) is 13.2 Å². The van der Waals surface area contributed by atoms with Crippen molar-refractivity contribution in [2.75, 3.05) is 7.11 Å². The van der Waals surface area contributed by atoms with Crippen molar-refractivity contribution < 1.29 is 9.53 Å². The largest absolute Gasteiger partial charge is 0.469 e. The maximum absolute atomic E-state index is 11.3. The molecule has 0 amide bonds. The second kappa shape index (κ2) is 7.20. The Kier molecular flexibility index (Phi) is 5.87. The van der Waals surface area contributed by atoms with Crippen LogP contribution in [0.15, 0.2) is 17.3 Å². The van der Waals surface area contributed by atoms with Gasteiger partial charge in [-0.2, -0.15) is 4.91 Å². The van der Waals surface area contributed by atoms with E-state index in [9.17, 15) is 9.70 Å².